The van der Waals surface area contributed by atoms with E-state index in [9.17, 15) is 9.18 Å². The average Bonchev–Trinajstić information content (AvgIpc) is 2.14. The first kappa shape index (κ1) is 13.0. The molecule has 1 amide bonds. The Morgan fingerprint density at radius 2 is 2.18 bits per heavy atom. The highest BCUT2D eigenvalue weighted by Gasteiger charge is 2.16. The van der Waals surface area contributed by atoms with E-state index < -0.39 is 17.6 Å². The minimum absolute atomic E-state index is 0.0414. The van der Waals surface area contributed by atoms with Gasteiger partial charge in [-0.1, -0.05) is 5.92 Å². The smallest absolute Gasteiger partial charge is 0.413 e. The van der Waals surface area contributed by atoms with Crippen molar-refractivity contribution in [1.29, 1.82) is 0 Å². The quantitative estimate of drug-likeness (QED) is 0.602. The second-order valence-electron chi connectivity index (χ2n) is 4.31. The molecule has 0 aliphatic carbocycles. The minimum atomic E-state index is -0.805. The Balaban J connectivity index is 2.74. The third-order valence-electron chi connectivity index (χ3n) is 1.63. The minimum Gasteiger partial charge on any atom is -0.444 e. The fraction of sp³-hybridized carbons (Fsp3) is 0.333. The van der Waals surface area contributed by atoms with Gasteiger partial charge in [-0.3, -0.25) is 5.32 Å². The fourth-order valence-electron chi connectivity index (χ4n) is 1.02. The van der Waals surface area contributed by atoms with E-state index in [-0.39, 0.29) is 11.4 Å². The number of hydrogen-bond acceptors (Lipinski definition) is 3. The van der Waals surface area contributed by atoms with Crippen LogP contribution in [0.25, 0.3) is 0 Å². The van der Waals surface area contributed by atoms with E-state index in [2.05, 4.69) is 16.2 Å². The Kier molecular flexibility index (Phi) is 3.69. The first-order chi connectivity index (χ1) is 7.81. The van der Waals surface area contributed by atoms with E-state index in [1.165, 1.54) is 12.1 Å². The summed E-state index contributed by atoms with van der Waals surface area (Å²) in [6, 6.07) is 2.76. The maximum atomic E-state index is 13.2. The van der Waals surface area contributed by atoms with E-state index in [0.717, 1.165) is 0 Å². The van der Waals surface area contributed by atoms with Crippen molar-refractivity contribution in [3.63, 3.8) is 0 Å². The van der Waals surface area contributed by atoms with Crippen LogP contribution in [-0.2, 0) is 4.74 Å². The molecule has 0 aliphatic rings. The molecule has 0 saturated carbocycles. The molecule has 1 N–H and O–H groups in total. The third kappa shape index (κ3) is 4.11. The summed E-state index contributed by atoms with van der Waals surface area (Å²) in [5, 5.41) is 2.31. The molecule has 0 fully saturated rings. The summed E-state index contributed by atoms with van der Waals surface area (Å²) in [4.78, 5) is 14.9. The van der Waals surface area contributed by atoms with Gasteiger partial charge >= 0.3 is 6.09 Å². The predicted molar refractivity (Wildman–Crippen MR) is 62.0 cm³/mol. The van der Waals surface area contributed by atoms with Crippen LogP contribution in [0.5, 0.6) is 0 Å². The van der Waals surface area contributed by atoms with Gasteiger partial charge in [-0.15, -0.1) is 6.42 Å². The average molecular weight is 236 g/mol. The van der Waals surface area contributed by atoms with E-state index in [4.69, 9.17) is 11.2 Å². The fourth-order valence-corrected chi connectivity index (χ4v) is 1.02. The van der Waals surface area contributed by atoms with Gasteiger partial charge in [0.2, 0.25) is 5.95 Å². The van der Waals surface area contributed by atoms with Crippen LogP contribution in [0.2, 0.25) is 0 Å². The van der Waals surface area contributed by atoms with Gasteiger partial charge in [0.25, 0.3) is 0 Å². The Bertz CT molecular complexity index is 472. The lowest BCUT2D eigenvalue weighted by Crippen LogP contribution is -2.27. The molecule has 1 rings (SSSR count). The maximum absolute atomic E-state index is 13.2. The van der Waals surface area contributed by atoms with Crippen LogP contribution in [0.1, 0.15) is 26.3 Å². The van der Waals surface area contributed by atoms with Crippen molar-refractivity contribution in [1.82, 2.24) is 4.98 Å². The second kappa shape index (κ2) is 4.83. The lowest BCUT2D eigenvalue weighted by atomic mass is 10.2. The maximum Gasteiger partial charge on any atom is 0.413 e. The molecule has 0 radical (unpaired) electrons. The highest BCUT2D eigenvalue weighted by atomic mass is 19.1. The Hall–Kier alpha value is -2.09. The van der Waals surface area contributed by atoms with Crippen molar-refractivity contribution >= 4 is 11.9 Å². The molecule has 1 aromatic heterocycles. The molecule has 5 heteroatoms. The molecule has 0 atom stereocenters. The van der Waals surface area contributed by atoms with Crippen molar-refractivity contribution in [2.45, 2.75) is 26.4 Å². The number of rotatable bonds is 1. The molecule has 90 valence electrons. The molecule has 0 aliphatic heterocycles. The number of nitrogens with one attached hydrogen (secondary N) is 1. The summed E-state index contributed by atoms with van der Waals surface area (Å²) >= 11 is 0. The van der Waals surface area contributed by atoms with E-state index in [1.54, 1.807) is 20.8 Å². The van der Waals surface area contributed by atoms with Crippen LogP contribution < -0.4 is 5.32 Å². The van der Waals surface area contributed by atoms with Gasteiger partial charge in [0, 0.05) is 0 Å². The zero-order chi connectivity index (χ0) is 13.1. The van der Waals surface area contributed by atoms with Crippen molar-refractivity contribution in [2.24, 2.45) is 0 Å². The number of halogens is 1. The lowest BCUT2D eigenvalue weighted by Gasteiger charge is -2.19. The highest BCUT2D eigenvalue weighted by Crippen LogP contribution is 2.12. The summed E-state index contributed by atoms with van der Waals surface area (Å²) in [6.45, 7) is 5.17. The van der Waals surface area contributed by atoms with Gasteiger partial charge in [-0.05, 0) is 32.9 Å². The van der Waals surface area contributed by atoms with E-state index >= 15 is 0 Å². The molecule has 1 aromatic rings. The van der Waals surface area contributed by atoms with Crippen molar-refractivity contribution in [3.05, 3.63) is 23.6 Å². The van der Waals surface area contributed by atoms with Gasteiger partial charge in [-0.25, -0.2) is 9.78 Å². The number of amides is 1. The van der Waals surface area contributed by atoms with Crippen LogP contribution in [0.4, 0.5) is 15.0 Å². The molecular formula is C12H13FN2O2. The number of terminal acetylenes is 1. The number of aromatic nitrogens is 1. The topological polar surface area (TPSA) is 51.2 Å². The SMILES string of the molecule is C#Cc1ccc(NC(=O)OC(C)(C)C)nc1F. The number of anilines is 1. The predicted octanol–water partition coefficient (Wildman–Crippen LogP) is 2.55. The van der Waals surface area contributed by atoms with Gasteiger partial charge in [0.05, 0.1) is 5.56 Å². The summed E-state index contributed by atoms with van der Waals surface area (Å²) in [6.07, 6.45) is 4.35. The van der Waals surface area contributed by atoms with Crippen molar-refractivity contribution < 1.29 is 13.9 Å². The largest absolute Gasteiger partial charge is 0.444 e. The molecule has 0 saturated heterocycles. The Morgan fingerprint density at radius 3 is 2.65 bits per heavy atom. The van der Waals surface area contributed by atoms with Crippen LogP contribution in [0, 0.1) is 18.3 Å². The molecule has 0 bridgehead atoms. The first-order valence-corrected chi connectivity index (χ1v) is 4.95. The molecule has 0 aromatic carbocycles. The van der Waals surface area contributed by atoms with Crippen molar-refractivity contribution in [3.8, 4) is 12.3 Å². The Morgan fingerprint density at radius 1 is 1.53 bits per heavy atom. The molecule has 0 spiro atoms. The Labute approximate surface area is 99.2 Å². The van der Waals surface area contributed by atoms with E-state index in [0.29, 0.717) is 0 Å². The number of ether oxygens (including phenoxy) is 1. The van der Waals surface area contributed by atoms with Crippen LogP contribution >= 0.6 is 0 Å². The normalized spacial score (nSPS) is 10.5. The summed E-state index contributed by atoms with van der Waals surface area (Å²) < 4.78 is 18.2. The summed E-state index contributed by atoms with van der Waals surface area (Å²) in [7, 11) is 0. The molecule has 4 nitrogen and oxygen atoms in total. The zero-order valence-electron chi connectivity index (χ0n) is 9.87. The number of hydrogen-bond donors (Lipinski definition) is 1. The summed E-state index contributed by atoms with van der Waals surface area (Å²) in [5.74, 6) is 1.38. The lowest BCUT2D eigenvalue weighted by molar-refractivity contribution is 0.0635. The van der Waals surface area contributed by atoms with E-state index in [1.807, 2.05) is 0 Å². The van der Waals surface area contributed by atoms with Crippen LogP contribution in [0.15, 0.2) is 12.1 Å². The number of pyridine rings is 1. The number of carbonyl (C=O) groups excluding carboxylic acids is 1. The molecule has 17 heavy (non-hydrogen) atoms. The van der Waals surface area contributed by atoms with Gasteiger partial charge in [0.15, 0.2) is 0 Å². The van der Waals surface area contributed by atoms with Crippen LogP contribution in [0.3, 0.4) is 0 Å². The first-order valence-electron chi connectivity index (χ1n) is 4.95. The second-order valence-corrected chi connectivity index (χ2v) is 4.31. The molecule has 0 unspecified atom stereocenters. The number of nitrogens with zero attached hydrogens (tertiary/aromatic N) is 1. The number of carbonyl (C=O) groups is 1. The molecule has 1 heterocycles. The van der Waals surface area contributed by atoms with Gasteiger partial charge < -0.3 is 4.74 Å². The van der Waals surface area contributed by atoms with Crippen molar-refractivity contribution in [2.75, 3.05) is 5.32 Å². The third-order valence-corrected chi connectivity index (χ3v) is 1.63. The van der Waals surface area contributed by atoms with Gasteiger partial charge in [0.1, 0.15) is 11.4 Å². The molecular weight excluding hydrogens is 223 g/mol. The van der Waals surface area contributed by atoms with Gasteiger partial charge in [-0.2, -0.15) is 4.39 Å². The highest BCUT2D eigenvalue weighted by molar-refractivity contribution is 5.83. The standard InChI is InChI=1S/C12H13FN2O2/c1-5-8-6-7-9(14-10(8)13)15-11(16)17-12(2,3)4/h1,6-7H,2-4H3,(H,14,15,16). The monoisotopic (exact) mass is 236 g/mol. The zero-order valence-corrected chi connectivity index (χ0v) is 9.87. The van der Waals surface area contributed by atoms with Crippen LogP contribution in [-0.4, -0.2) is 16.7 Å². The summed E-state index contributed by atoms with van der Waals surface area (Å²) in [5.41, 5.74) is -0.582.